The maximum absolute atomic E-state index is 12.4. The molecule has 0 radical (unpaired) electrons. The highest BCUT2D eigenvalue weighted by Gasteiger charge is 2.58. The van der Waals surface area contributed by atoms with Crippen LogP contribution in [0.15, 0.2) is 12.4 Å². The van der Waals surface area contributed by atoms with Crippen molar-refractivity contribution in [3.05, 3.63) is 18.0 Å². The van der Waals surface area contributed by atoms with Crippen molar-refractivity contribution in [2.24, 2.45) is 0 Å². The fourth-order valence-corrected chi connectivity index (χ4v) is 1.09. The van der Waals surface area contributed by atoms with Crippen molar-refractivity contribution in [1.29, 1.82) is 0 Å². The largest absolute Gasteiger partial charge is 0.272 e. The highest BCUT2D eigenvalue weighted by atomic mass is 19.3. The van der Waals surface area contributed by atoms with Crippen molar-refractivity contribution in [3.8, 4) is 0 Å². The molecule has 1 saturated carbocycles. The molecule has 4 heteroatoms. The molecule has 1 atom stereocenters. The topological polar surface area (TPSA) is 17.8 Å². The van der Waals surface area contributed by atoms with Gasteiger partial charge >= 0.3 is 0 Å². The average Bonchev–Trinajstić information content (AvgIpc) is 2.39. The first-order valence-electron chi connectivity index (χ1n) is 3.48. The van der Waals surface area contributed by atoms with Gasteiger partial charge in [0.15, 0.2) is 0 Å². The van der Waals surface area contributed by atoms with E-state index in [0.29, 0.717) is 0 Å². The lowest BCUT2D eigenvalue weighted by molar-refractivity contribution is 0.0983. The molecular formula is C7H8F2N2. The average molecular weight is 158 g/mol. The first-order valence-corrected chi connectivity index (χ1v) is 3.48. The molecule has 2 nitrogen and oxygen atoms in total. The van der Waals surface area contributed by atoms with E-state index in [1.165, 1.54) is 4.68 Å². The Bertz CT molecular complexity index is 280. The van der Waals surface area contributed by atoms with Crippen LogP contribution in [0.2, 0.25) is 0 Å². The zero-order chi connectivity index (χ0) is 8.06. The molecule has 0 aliphatic heterocycles. The van der Waals surface area contributed by atoms with Gasteiger partial charge in [-0.15, -0.1) is 0 Å². The quantitative estimate of drug-likeness (QED) is 0.609. The highest BCUT2D eigenvalue weighted by Crippen LogP contribution is 2.51. The summed E-state index contributed by atoms with van der Waals surface area (Å²) in [5.41, 5.74) is 0.924. The number of aryl methyl sites for hydroxylation is 1. The van der Waals surface area contributed by atoms with Gasteiger partial charge in [0, 0.05) is 12.6 Å². The normalized spacial score (nSPS) is 27.0. The number of rotatable bonds is 1. The molecule has 1 fully saturated rings. The van der Waals surface area contributed by atoms with E-state index in [2.05, 4.69) is 5.10 Å². The van der Waals surface area contributed by atoms with E-state index in [-0.39, 0.29) is 6.42 Å². The van der Waals surface area contributed by atoms with Crippen LogP contribution in [0.1, 0.15) is 18.0 Å². The number of hydrogen-bond donors (Lipinski definition) is 0. The van der Waals surface area contributed by atoms with Gasteiger partial charge in [-0.25, -0.2) is 8.78 Å². The molecule has 1 aliphatic carbocycles. The van der Waals surface area contributed by atoms with Gasteiger partial charge in [-0.3, -0.25) is 4.68 Å². The summed E-state index contributed by atoms with van der Waals surface area (Å²) in [7, 11) is 0. The van der Waals surface area contributed by atoms with Crippen LogP contribution in [0.25, 0.3) is 0 Å². The Morgan fingerprint density at radius 3 is 2.73 bits per heavy atom. The molecule has 1 aliphatic rings. The van der Waals surface area contributed by atoms with Crippen molar-refractivity contribution >= 4 is 0 Å². The second kappa shape index (κ2) is 1.81. The summed E-state index contributed by atoms with van der Waals surface area (Å²) in [6, 6.07) is -0.684. The van der Waals surface area contributed by atoms with E-state index >= 15 is 0 Å². The van der Waals surface area contributed by atoms with Gasteiger partial charge in [0.25, 0.3) is 5.92 Å². The molecule has 0 saturated heterocycles. The van der Waals surface area contributed by atoms with E-state index in [4.69, 9.17) is 0 Å². The van der Waals surface area contributed by atoms with Gasteiger partial charge in [-0.2, -0.15) is 5.10 Å². The molecule has 1 heterocycles. The minimum Gasteiger partial charge on any atom is -0.263 e. The summed E-state index contributed by atoms with van der Waals surface area (Å²) in [6.07, 6.45) is 3.17. The molecule has 0 amide bonds. The number of hydrogen-bond acceptors (Lipinski definition) is 1. The van der Waals surface area contributed by atoms with E-state index in [1.807, 2.05) is 6.92 Å². The third-order valence-electron chi connectivity index (χ3n) is 1.84. The lowest BCUT2D eigenvalue weighted by Crippen LogP contribution is -2.02. The minimum absolute atomic E-state index is 0.0614. The summed E-state index contributed by atoms with van der Waals surface area (Å²) < 4.78 is 26.2. The summed E-state index contributed by atoms with van der Waals surface area (Å²) in [5, 5.41) is 3.81. The number of alkyl halides is 2. The monoisotopic (exact) mass is 158 g/mol. The molecule has 0 aromatic carbocycles. The highest BCUT2D eigenvalue weighted by molar-refractivity contribution is 5.07. The Hall–Kier alpha value is -0.930. The summed E-state index contributed by atoms with van der Waals surface area (Å²) in [6.45, 7) is 1.84. The Morgan fingerprint density at radius 2 is 2.36 bits per heavy atom. The van der Waals surface area contributed by atoms with Crippen LogP contribution in [0.4, 0.5) is 8.78 Å². The van der Waals surface area contributed by atoms with Crippen molar-refractivity contribution in [2.75, 3.05) is 0 Å². The molecular weight excluding hydrogens is 150 g/mol. The molecule has 0 spiro atoms. The van der Waals surface area contributed by atoms with Crippen LogP contribution < -0.4 is 0 Å². The zero-order valence-electron chi connectivity index (χ0n) is 6.09. The smallest absolute Gasteiger partial charge is 0.263 e. The lowest BCUT2D eigenvalue weighted by atomic mass is 10.4. The second-order valence-corrected chi connectivity index (χ2v) is 2.98. The van der Waals surface area contributed by atoms with Crippen LogP contribution in [0.5, 0.6) is 0 Å². The fourth-order valence-electron chi connectivity index (χ4n) is 1.09. The van der Waals surface area contributed by atoms with Crippen LogP contribution >= 0.6 is 0 Å². The Balaban J connectivity index is 2.20. The fraction of sp³-hybridized carbons (Fsp3) is 0.571. The van der Waals surface area contributed by atoms with E-state index in [1.54, 1.807) is 12.4 Å². The first-order chi connectivity index (χ1) is 5.09. The predicted octanol–water partition coefficient (Wildman–Crippen LogP) is 1.77. The van der Waals surface area contributed by atoms with Gasteiger partial charge < -0.3 is 0 Å². The zero-order valence-corrected chi connectivity index (χ0v) is 6.09. The van der Waals surface area contributed by atoms with Crippen LogP contribution in [-0.4, -0.2) is 15.7 Å². The third kappa shape index (κ3) is 1.02. The van der Waals surface area contributed by atoms with E-state index < -0.39 is 12.0 Å². The van der Waals surface area contributed by atoms with E-state index in [0.717, 1.165) is 5.56 Å². The molecule has 1 aromatic rings. The Kier molecular flexibility index (Phi) is 1.11. The molecule has 1 unspecified atom stereocenters. The van der Waals surface area contributed by atoms with Crippen molar-refractivity contribution < 1.29 is 8.78 Å². The van der Waals surface area contributed by atoms with Gasteiger partial charge in [0.1, 0.15) is 6.04 Å². The molecule has 60 valence electrons. The minimum atomic E-state index is -2.52. The number of halogens is 2. The number of aromatic nitrogens is 2. The molecule has 2 rings (SSSR count). The summed E-state index contributed by atoms with van der Waals surface area (Å²) >= 11 is 0. The van der Waals surface area contributed by atoms with Gasteiger partial charge in [-0.1, -0.05) is 0 Å². The van der Waals surface area contributed by atoms with Crippen molar-refractivity contribution in [3.63, 3.8) is 0 Å². The summed E-state index contributed by atoms with van der Waals surface area (Å²) in [5.74, 6) is -2.52. The van der Waals surface area contributed by atoms with E-state index in [9.17, 15) is 8.78 Å². The van der Waals surface area contributed by atoms with Crippen molar-refractivity contribution in [2.45, 2.75) is 25.3 Å². The SMILES string of the molecule is Cc1cnn(C2CC2(F)F)c1. The van der Waals surface area contributed by atoms with Gasteiger partial charge in [0.2, 0.25) is 0 Å². The van der Waals surface area contributed by atoms with Crippen LogP contribution in [-0.2, 0) is 0 Å². The number of nitrogens with zero attached hydrogens (tertiary/aromatic N) is 2. The molecule has 0 N–H and O–H groups in total. The maximum atomic E-state index is 12.4. The third-order valence-corrected chi connectivity index (χ3v) is 1.84. The van der Waals surface area contributed by atoms with Crippen LogP contribution in [0, 0.1) is 6.92 Å². The maximum Gasteiger partial charge on any atom is 0.272 e. The van der Waals surface area contributed by atoms with Crippen molar-refractivity contribution in [1.82, 2.24) is 9.78 Å². The standard InChI is InChI=1S/C7H8F2N2/c1-5-3-10-11(4-5)6-2-7(6,8)9/h3-4,6H,2H2,1H3. The lowest BCUT2D eigenvalue weighted by Gasteiger charge is -1.96. The van der Waals surface area contributed by atoms with Crippen LogP contribution in [0.3, 0.4) is 0 Å². The Labute approximate surface area is 62.8 Å². The van der Waals surface area contributed by atoms with Gasteiger partial charge in [0.05, 0.1) is 6.20 Å². The molecule has 1 aromatic heterocycles. The molecule has 11 heavy (non-hydrogen) atoms. The predicted molar refractivity (Wildman–Crippen MR) is 35.6 cm³/mol. The second-order valence-electron chi connectivity index (χ2n) is 2.98. The summed E-state index contributed by atoms with van der Waals surface area (Å²) in [4.78, 5) is 0. The van der Waals surface area contributed by atoms with Gasteiger partial charge in [-0.05, 0) is 12.5 Å². The molecule has 0 bridgehead atoms. The Morgan fingerprint density at radius 1 is 1.73 bits per heavy atom. The first kappa shape index (κ1) is 6.76.